The van der Waals surface area contributed by atoms with Gasteiger partial charge in [-0.2, -0.15) is 12.6 Å². The summed E-state index contributed by atoms with van der Waals surface area (Å²) in [6.07, 6.45) is 0. The predicted molar refractivity (Wildman–Crippen MR) is 121 cm³/mol. The first-order valence-corrected chi connectivity index (χ1v) is 9.90. The molecule has 0 aliphatic rings. The Morgan fingerprint density at radius 2 is 1.43 bits per heavy atom. The van der Waals surface area contributed by atoms with Gasteiger partial charge in [-0.05, 0) is 30.3 Å². The fourth-order valence-corrected chi connectivity index (χ4v) is 2.93. The molecule has 1 unspecified atom stereocenters. The molecule has 3 aromatic rings. The van der Waals surface area contributed by atoms with Gasteiger partial charge in [0.1, 0.15) is 0 Å². The second-order valence-corrected chi connectivity index (χ2v) is 6.92. The van der Waals surface area contributed by atoms with Crippen molar-refractivity contribution in [1.29, 1.82) is 0 Å². The molecule has 30 heavy (non-hydrogen) atoms. The summed E-state index contributed by atoms with van der Waals surface area (Å²) < 4.78 is 0. The average molecular weight is 420 g/mol. The van der Waals surface area contributed by atoms with E-state index in [4.69, 9.17) is 5.73 Å². The Morgan fingerprint density at radius 1 is 0.833 bits per heavy atom. The van der Waals surface area contributed by atoms with Crippen LogP contribution < -0.4 is 16.4 Å². The van der Waals surface area contributed by atoms with Crippen molar-refractivity contribution in [3.8, 4) is 0 Å². The second kappa shape index (κ2) is 9.87. The van der Waals surface area contributed by atoms with Crippen LogP contribution in [0.25, 0.3) is 0 Å². The first-order chi connectivity index (χ1) is 14.5. The Morgan fingerprint density at radius 3 is 2.03 bits per heavy atom. The van der Waals surface area contributed by atoms with E-state index >= 15 is 0 Å². The summed E-state index contributed by atoms with van der Waals surface area (Å²) in [5.41, 5.74) is 7.62. The molecule has 0 aliphatic carbocycles. The van der Waals surface area contributed by atoms with Crippen LogP contribution in [0.1, 0.15) is 26.3 Å². The van der Waals surface area contributed by atoms with Crippen LogP contribution in [0.2, 0.25) is 0 Å². The summed E-state index contributed by atoms with van der Waals surface area (Å²) in [6, 6.07) is 21.3. The lowest BCUT2D eigenvalue weighted by atomic mass is 10.0. The Labute approximate surface area is 179 Å². The highest BCUT2D eigenvalue weighted by Gasteiger charge is 2.18. The normalized spacial score (nSPS) is 11.4. The number of nitrogens with two attached hydrogens (primary N) is 1. The molecule has 0 radical (unpaired) electrons. The minimum absolute atomic E-state index is 0.187. The highest BCUT2D eigenvalue weighted by Crippen LogP contribution is 2.24. The molecule has 6 nitrogen and oxygen atoms in total. The first-order valence-electron chi connectivity index (χ1n) is 9.27. The standard InChI is InChI=1S/C23H21N3O3S/c24-19(14-30)23(29)25-17-11-12-20(26-22(28)16-9-5-2-6-10-16)18(13-17)21(27)15-7-3-1-4-8-15/h1-13,19,30H,14,24H2,(H,25,29)(H,26,28). The number of amides is 2. The van der Waals surface area contributed by atoms with Crippen molar-refractivity contribution in [2.45, 2.75) is 6.04 Å². The fourth-order valence-electron chi connectivity index (χ4n) is 2.77. The van der Waals surface area contributed by atoms with Gasteiger partial charge in [-0.15, -0.1) is 0 Å². The number of thiol groups is 1. The predicted octanol–water partition coefficient (Wildman–Crippen LogP) is 3.37. The summed E-state index contributed by atoms with van der Waals surface area (Å²) in [5.74, 6) is -0.850. The van der Waals surface area contributed by atoms with Gasteiger partial charge in [-0.1, -0.05) is 48.5 Å². The van der Waals surface area contributed by atoms with Crippen molar-refractivity contribution in [1.82, 2.24) is 0 Å². The lowest BCUT2D eigenvalue weighted by Crippen LogP contribution is -2.37. The van der Waals surface area contributed by atoms with Crippen LogP contribution >= 0.6 is 12.6 Å². The van der Waals surface area contributed by atoms with Crippen molar-refractivity contribution >= 4 is 41.6 Å². The second-order valence-electron chi connectivity index (χ2n) is 6.55. The van der Waals surface area contributed by atoms with Gasteiger partial charge in [0.2, 0.25) is 5.91 Å². The smallest absolute Gasteiger partial charge is 0.255 e. The van der Waals surface area contributed by atoms with Crippen LogP contribution in [-0.4, -0.2) is 29.4 Å². The van der Waals surface area contributed by atoms with Crippen LogP contribution in [-0.2, 0) is 4.79 Å². The molecule has 4 N–H and O–H groups in total. The van der Waals surface area contributed by atoms with E-state index in [1.807, 2.05) is 12.1 Å². The number of hydrogen-bond acceptors (Lipinski definition) is 5. The third kappa shape index (κ3) is 5.14. The van der Waals surface area contributed by atoms with Gasteiger partial charge in [0.05, 0.1) is 11.7 Å². The van der Waals surface area contributed by atoms with E-state index in [9.17, 15) is 14.4 Å². The minimum Gasteiger partial charge on any atom is -0.325 e. The molecule has 0 bridgehead atoms. The quantitative estimate of drug-likeness (QED) is 0.348. The molecule has 2 amide bonds. The molecule has 0 heterocycles. The number of benzene rings is 3. The number of hydrogen-bond donors (Lipinski definition) is 4. The van der Waals surface area contributed by atoms with Crippen LogP contribution in [0.5, 0.6) is 0 Å². The number of carbonyl (C=O) groups excluding carboxylic acids is 3. The van der Waals surface area contributed by atoms with E-state index in [0.717, 1.165) is 0 Å². The first kappa shape index (κ1) is 21.3. The zero-order chi connectivity index (χ0) is 21.5. The van der Waals surface area contributed by atoms with Crippen LogP contribution in [0.15, 0.2) is 78.9 Å². The van der Waals surface area contributed by atoms with Crippen LogP contribution in [0.4, 0.5) is 11.4 Å². The van der Waals surface area contributed by atoms with Crippen LogP contribution in [0, 0.1) is 0 Å². The SMILES string of the molecule is NC(CS)C(=O)Nc1ccc(NC(=O)c2ccccc2)c(C(=O)c2ccccc2)c1. The maximum atomic E-state index is 13.1. The lowest BCUT2D eigenvalue weighted by molar-refractivity contribution is -0.116. The number of ketones is 1. The van der Waals surface area contributed by atoms with Gasteiger partial charge < -0.3 is 16.4 Å². The number of rotatable bonds is 7. The van der Waals surface area contributed by atoms with Crippen molar-refractivity contribution in [2.24, 2.45) is 5.73 Å². The third-order valence-electron chi connectivity index (χ3n) is 4.39. The molecular formula is C23H21N3O3S. The van der Waals surface area contributed by atoms with Crippen molar-refractivity contribution in [3.05, 3.63) is 95.6 Å². The molecule has 7 heteroatoms. The number of nitrogens with one attached hydrogen (secondary N) is 2. The zero-order valence-electron chi connectivity index (χ0n) is 16.0. The molecule has 152 valence electrons. The summed E-state index contributed by atoms with van der Waals surface area (Å²) in [7, 11) is 0. The van der Waals surface area contributed by atoms with E-state index in [1.165, 1.54) is 6.07 Å². The molecule has 0 saturated heterocycles. The number of anilines is 2. The van der Waals surface area contributed by atoms with Gasteiger partial charge >= 0.3 is 0 Å². The maximum Gasteiger partial charge on any atom is 0.255 e. The van der Waals surface area contributed by atoms with Crippen molar-refractivity contribution < 1.29 is 14.4 Å². The summed E-state index contributed by atoms with van der Waals surface area (Å²) in [4.78, 5) is 37.8. The Kier molecular flexibility index (Phi) is 7.00. The van der Waals surface area contributed by atoms with Gasteiger partial charge in [-0.3, -0.25) is 14.4 Å². The van der Waals surface area contributed by atoms with Crippen molar-refractivity contribution in [2.75, 3.05) is 16.4 Å². The monoisotopic (exact) mass is 419 g/mol. The lowest BCUT2D eigenvalue weighted by Gasteiger charge is -2.15. The summed E-state index contributed by atoms with van der Waals surface area (Å²) >= 11 is 4.02. The molecule has 0 aliphatic heterocycles. The largest absolute Gasteiger partial charge is 0.325 e. The maximum absolute atomic E-state index is 13.1. The van der Waals surface area contributed by atoms with Gasteiger partial charge in [0.25, 0.3) is 5.91 Å². The van der Waals surface area contributed by atoms with Gasteiger partial charge in [-0.25, -0.2) is 0 Å². The Bertz CT molecular complexity index is 1060. The summed E-state index contributed by atoms with van der Waals surface area (Å²) in [5, 5.41) is 5.46. The van der Waals surface area contributed by atoms with Crippen molar-refractivity contribution in [3.63, 3.8) is 0 Å². The average Bonchev–Trinajstić information content (AvgIpc) is 2.80. The van der Waals surface area contributed by atoms with E-state index in [2.05, 4.69) is 23.3 Å². The van der Waals surface area contributed by atoms with E-state index in [-0.39, 0.29) is 23.0 Å². The molecule has 3 aromatic carbocycles. The molecule has 0 spiro atoms. The number of carbonyl (C=O) groups is 3. The molecule has 0 fully saturated rings. The van der Waals surface area contributed by atoms with E-state index in [0.29, 0.717) is 22.5 Å². The molecular weight excluding hydrogens is 398 g/mol. The van der Waals surface area contributed by atoms with Crippen LogP contribution in [0.3, 0.4) is 0 Å². The molecule has 0 aromatic heterocycles. The fraction of sp³-hybridized carbons (Fsp3) is 0.0870. The topological polar surface area (TPSA) is 101 Å². The Hall–Kier alpha value is -3.42. The molecule has 0 saturated carbocycles. The minimum atomic E-state index is -0.779. The van der Waals surface area contributed by atoms with Gasteiger partial charge in [0.15, 0.2) is 5.78 Å². The Balaban J connectivity index is 1.95. The van der Waals surface area contributed by atoms with E-state index in [1.54, 1.807) is 60.7 Å². The van der Waals surface area contributed by atoms with Gasteiger partial charge in [0, 0.05) is 28.1 Å². The zero-order valence-corrected chi connectivity index (χ0v) is 16.9. The highest BCUT2D eigenvalue weighted by molar-refractivity contribution is 7.80. The van der Waals surface area contributed by atoms with E-state index < -0.39 is 11.9 Å². The molecule has 3 rings (SSSR count). The highest BCUT2D eigenvalue weighted by atomic mass is 32.1. The third-order valence-corrected chi connectivity index (χ3v) is 4.78. The summed E-state index contributed by atoms with van der Waals surface area (Å²) in [6.45, 7) is 0. The molecule has 1 atom stereocenters.